The molecule has 0 saturated heterocycles. The van der Waals surface area contributed by atoms with Crippen molar-refractivity contribution in [3.63, 3.8) is 0 Å². The van der Waals surface area contributed by atoms with Crippen LogP contribution in [0.5, 0.6) is 0 Å². The summed E-state index contributed by atoms with van der Waals surface area (Å²) in [6, 6.07) is 11.0. The van der Waals surface area contributed by atoms with E-state index in [0.29, 0.717) is 5.03 Å². The molecular weight excluding hydrogens is 394 g/mol. The van der Waals surface area contributed by atoms with Gasteiger partial charge in [-0.15, -0.1) is 0 Å². The van der Waals surface area contributed by atoms with Gasteiger partial charge in [0, 0.05) is 17.8 Å². The Kier molecular flexibility index (Phi) is 5.26. The number of carbonyl (C=O) groups is 1. The van der Waals surface area contributed by atoms with Gasteiger partial charge in [0.2, 0.25) is 5.91 Å². The molecule has 0 atom stereocenters. The smallest absolute Gasteiger partial charge is 0.234 e. The summed E-state index contributed by atoms with van der Waals surface area (Å²) in [5.74, 6) is -1.79. The molecule has 0 unspecified atom stereocenters. The minimum Gasteiger partial charge on any atom is -0.357 e. The quantitative estimate of drug-likeness (QED) is 0.361. The molecule has 146 valence electrons. The molecule has 0 radical (unpaired) electrons. The average Bonchev–Trinajstić information content (AvgIpc) is 3.14. The summed E-state index contributed by atoms with van der Waals surface area (Å²) in [5.41, 5.74) is 4.40. The van der Waals surface area contributed by atoms with E-state index < -0.39 is 17.5 Å². The largest absolute Gasteiger partial charge is 0.357 e. The summed E-state index contributed by atoms with van der Waals surface area (Å²) in [6.45, 7) is 2.02. The SMILES string of the molecule is Cc1cccc(-c2c[nH]c3c(SCC(=O)Nc4cc(F)ccc4F)ncnc23)c1. The maximum Gasteiger partial charge on any atom is 0.234 e. The lowest BCUT2D eigenvalue weighted by Crippen LogP contribution is -2.15. The van der Waals surface area contributed by atoms with Crippen LogP contribution in [0.15, 0.2) is 60.0 Å². The van der Waals surface area contributed by atoms with Crippen LogP contribution < -0.4 is 5.32 Å². The molecule has 4 aromatic rings. The fraction of sp³-hybridized carbons (Fsp3) is 0.0952. The average molecular weight is 410 g/mol. The maximum absolute atomic E-state index is 13.7. The topological polar surface area (TPSA) is 70.7 Å². The Bertz CT molecular complexity index is 1210. The van der Waals surface area contributed by atoms with Crippen molar-refractivity contribution < 1.29 is 13.6 Å². The number of carbonyl (C=O) groups excluding carboxylic acids is 1. The van der Waals surface area contributed by atoms with Gasteiger partial charge in [0.05, 0.1) is 17.0 Å². The van der Waals surface area contributed by atoms with E-state index in [2.05, 4.69) is 26.3 Å². The number of halogens is 2. The van der Waals surface area contributed by atoms with Crippen LogP contribution in [0.4, 0.5) is 14.5 Å². The molecule has 8 heteroatoms. The van der Waals surface area contributed by atoms with E-state index in [9.17, 15) is 13.6 Å². The van der Waals surface area contributed by atoms with E-state index >= 15 is 0 Å². The molecule has 2 aromatic heterocycles. The van der Waals surface area contributed by atoms with Crippen LogP contribution in [-0.2, 0) is 4.79 Å². The van der Waals surface area contributed by atoms with Crippen LogP contribution in [-0.4, -0.2) is 26.6 Å². The molecule has 0 aliphatic rings. The Morgan fingerprint density at radius 3 is 2.86 bits per heavy atom. The first-order valence-corrected chi connectivity index (χ1v) is 9.76. The molecule has 4 rings (SSSR count). The fourth-order valence-electron chi connectivity index (χ4n) is 2.97. The number of aromatic amines is 1. The van der Waals surface area contributed by atoms with Crippen molar-refractivity contribution in [2.24, 2.45) is 0 Å². The van der Waals surface area contributed by atoms with Gasteiger partial charge < -0.3 is 10.3 Å². The molecule has 0 spiro atoms. The normalized spacial score (nSPS) is 11.0. The highest BCUT2D eigenvalue weighted by Crippen LogP contribution is 2.31. The molecule has 2 aromatic carbocycles. The lowest BCUT2D eigenvalue weighted by atomic mass is 10.1. The predicted molar refractivity (Wildman–Crippen MR) is 110 cm³/mol. The number of hydrogen-bond donors (Lipinski definition) is 2. The third kappa shape index (κ3) is 4.12. The summed E-state index contributed by atoms with van der Waals surface area (Å²) in [7, 11) is 0. The van der Waals surface area contributed by atoms with E-state index in [1.807, 2.05) is 31.3 Å². The lowest BCUT2D eigenvalue weighted by molar-refractivity contribution is -0.113. The van der Waals surface area contributed by atoms with E-state index in [0.717, 1.165) is 45.9 Å². The maximum atomic E-state index is 13.7. The monoisotopic (exact) mass is 410 g/mol. The van der Waals surface area contributed by atoms with Crippen molar-refractivity contribution in [2.45, 2.75) is 11.9 Å². The Morgan fingerprint density at radius 1 is 1.17 bits per heavy atom. The van der Waals surface area contributed by atoms with Crippen molar-refractivity contribution in [1.29, 1.82) is 0 Å². The summed E-state index contributed by atoms with van der Waals surface area (Å²) >= 11 is 1.19. The zero-order chi connectivity index (χ0) is 20.4. The number of aryl methyl sites for hydroxylation is 1. The number of H-pyrrole nitrogens is 1. The first kappa shape index (κ1) is 19.1. The van der Waals surface area contributed by atoms with Crippen molar-refractivity contribution in [3.05, 3.63) is 72.2 Å². The molecule has 2 N–H and O–H groups in total. The number of nitrogens with zero attached hydrogens (tertiary/aromatic N) is 2. The van der Waals surface area contributed by atoms with Gasteiger partial charge in [-0.05, 0) is 24.6 Å². The van der Waals surface area contributed by atoms with Gasteiger partial charge in [0.25, 0.3) is 0 Å². The Balaban J connectivity index is 1.53. The van der Waals surface area contributed by atoms with E-state index in [1.54, 1.807) is 0 Å². The standard InChI is InChI=1S/C21H16F2N4OS/c1-12-3-2-4-13(7-12)15-9-24-20-19(15)25-11-26-21(20)29-10-18(28)27-17-8-14(22)5-6-16(17)23/h2-9,11,24H,10H2,1H3,(H,27,28). The Labute approximate surface area is 169 Å². The number of fused-ring (bicyclic) bond motifs is 1. The third-order valence-electron chi connectivity index (χ3n) is 4.30. The molecule has 0 aliphatic heterocycles. The van der Waals surface area contributed by atoms with Crippen LogP contribution >= 0.6 is 11.8 Å². The van der Waals surface area contributed by atoms with Crippen molar-refractivity contribution in [2.75, 3.05) is 11.1 Å². The second-order valence-corrected chi connectivity index (χ2v) is 7.40. The van der Waals surface area contributed by atoms with Gasteiger partial charge in [0.1, 0.15) is 28.5 Å². The zero-order valence-electron chi connectivity index (χ0n) is 15.4. The van der Waals surface area contributed by atoms with Crippen molar-refractivity contribution >= 4 is 34.4 Å². The second-order valence-electron chi connectivity index (χ2n) is 6.44. The third-order valence-corrected chi connectivity index (χ3v) is 5.29. The molecule has 5 nitrogen and oxygen atoms in total. The number of hydrogen-bond acceptors (Lipinski definition) is 4. The van der Waals surface area contributed by atoms with E-state index in [1.165, 1.54) is 18.1 Å². The lowest BCUT2D eigenvalue weighted by Gasteiger charge is -2.07. The number of anilines is 1. The summed E-state index contributed by atoms with van der Waals surface area (Å²) in [4.78, 5) is 24.0. The van der Waals surface area contributed by atoms with Gasteiger partial charge >= 0.3 is 0 Å². The number of nitrogens with one attached hydrogen (secondary N) is 2. The highest BCUT2D eigenvalue weighted by atomic mass is 32.2. The fourth-order valence-corrected chi connectivity index (χ4v) is 3.73. The molecular formula is C21H16F2N4OS. The molecule has 29 heavy (non-hydrogen) atoms. The Hall–Kier alpha value is -3.26. The number of thioether (sulfide) groups is 1. The highest BCUT2D eigenvalue weighted by molar-refractivity contribution is 8.00. The van der Waals surface area contributed by atoms with Crippen LogP contribution in [0, 0.1) is 18.6 Å². The van der Waals surface area contributed by atoms with Crippen molar-refractivity contribution in [1.82, 2.24) is 15.0 Å². The molecule has 0 fully saturated rings. The number of benzene rings is 2. The first-order chi connectivity index (χ1) is 14.0. The highest BCUT2D eigenvalue weighted by Gasteiger charge is 2.14. The summed E-state index contributed by atoms with van der Waals surface area (Å²) in [5, 5.41) is 2.98. The van der Waals surface area contributed by atoms with Gasteiger partial charge in [-0.2, -0.15) is 0 Å². The molecule has 0 bridgehead atoms. The van der Waals surface area contributed by atoms with Crippen LogP contribution in [0.25, 0.3) is 22.2 Å². The minimum absolute atomic E-state index is 0.0130. The zero-order valence-corrected chi connectivity index (χ0v) is 16.2. The van der Waals surface area contributed by atoms with E-state index in [-0.39, 0.29) is 11.4 Å². The van der Waals surface area contributed by atoms with E-state index in [4.69, 9.17) is 0 Å². The summed E-state index contributed by atoms with van der Waals surface area (Å²) in [6.07, 6.45) is 3.31. The molecule has 1 amide bonds. The first-order valence-electron chi connectivity index (χ1n) is 8.78. The molecule has 0 saturated carbocycles. The number of aromatic nitrogens is 3. The van der Waals surface area contributed by atoms with Gasteiger partial charge in [-0.25, -0.2) is 18.7 Å². The number of amides is 1. The van der Waals surface area contributed by atoms with Gasteiger partial charge in [0.15, 0.2) is 0 Å². The van der Waals surface area contributed by atoms with Crippen LogP contribution in [0.3, 0.4) is 0 Å². The van der Waals surface area contributed by atoms with Gasteiger partial charge in [-0.3, -0.25) is 4.79 Å². The summed E-state index contributed by atoms with van der Waals surface area (Å²) < 4.78 is 26.9. The van der Waals surface area contributed by atoms with Crippen LogP contribution in [0.1, 0.15) is 5.56 Å². The van der Waals surface area contributed by atoms with Gasteiger partial charge in [-0.1, -0.05) is 41.6 Å². The minimum atomic E-state index is -0.693. The number of rotatable bonds is 5. The van der Waals surface area contributed by atoms with Crippen molar-refractivity contribution in [3.8, 4) is 11.1 Å². The van der Waals surface area contributed by atoms with Crippen LogP contribution in [0.2, 0.25) is 0 Å². The molecule has 0 aliphatic carbocycles. The second kappa shape index (κ2) is 8.00. The predicted octanol–water partition coefficient (Wildman–Crippen LogP) is 4.94. The Morgan fingerprint density at radius 2 is 2.03 bits per heavy atom. The molecule has 2 heterocycles.